The molecular weight excluding hydrogens is 799 g/mol. The molecule has 15 nitrogen and oxygen atoms in total. The van der Waals surface area contributed by atoms with Gasteiger partial charge in [-0.15, -0.1) is 0 Å². The summed E-state index contributed by atoms with van der Waals surface area (Å²) in [5.41, 5.74) is 6.23. The van der Waals surface area contributed by atoms with Gasteiger partial charge in [0.05, 0.1) is 23.7 Å². The van der Waals surface area contributed by atoms with E-state index in [4.69, 9.17) is 4.74 Å². The fraction of sp³-hybridized carbons (Fsp3) is 0.562. The van der Waals surface area contributed by atoms with E-state index in [1.54, 1.807) is 26.8 Å². The summed E-state index contributed by atoms with van der Waals surface area (Å²) < 4.78 is 6.83. The van der Waals surface area contributed by atoms with Gasteiger partial charge in [-0.1, -0.05) is 31.8 Å². The fourth-order valence-corrected chi connectivity index (χ4v) is 9.95. The van der Waals surface area contributed by atoms with Crippen LogP contribution in [0.4, 0.5) is 16.4 Å². The maximum Gasteiger partial charge on any atom is 0.434 e. The average molecular weight is 862 g/mol. The SMILES string of the molecule is CCc1cc2c(cc1N1CCC(CC3CCN(CCCNC(=O)[C@H](CCCn4ccnc4[N+](=O)[O-])NC(=O)OC(C)(C)C)CC3)CC1)C(C)(C)c1[nH]c3cc(C#N)ccc3c1C2=O. The van der Waals surface area contributed by atoms with Gasteiger partial charge in [-0.3, -0.25) is 9.59 Å². The monoisotopic (exact) mass is 861 g/mol. The summed E-state index contributed by atoms with van der Waals surface area (Å²) in [4.78, 5) is 63.0. The van der Waals surface area contributed by atoms with Gasteiger partial charge < -0.3 is 40.3 Å². The second-order valence-electron chi connectivity index (χ2n) is 19.2. The zero-order valence-corrected chi connectivity index (χ0v) is 37.7. The maximum absolute atomic E-state index is 14.1. The van der Waals surface area contributed by atoms with Gasteiger partial charge in [0.15, 0.2) is 5.78 Å². The third-order valence-corrected chi connectivity index (χ3v) is 13.3. The highest BCUT2D eigenvalue weighted by atomic mass is 16.6. The Balaban J connectivity index is 0.862. The summed E-state index contributed by atoms with van der Waals surface area (Å²) in [6.45, 7) is 17.6. The topological polar surface area (TPSA) is 192 Å². The van der Waals surface area contributed by atoms with Gasteiger partial charge in [0.25, 0.3) is 0 Å². The minimum atomic E-state index is -0.842. The molecule has 2 aromatic carbocycles. The zero-order chi connectivity index (χ0) is 45.1. The number of nitro groups is 1. The van der Waals surface area contributed by atoms with Crippen molar-refractivity contribution in [2.24, 2.45) is 11.8 Å². The van der Waals surface area contributed by atoms with Gasteiger partial charge in [-0.05, 0) is 150 Å². The molecule has 0 saturated carbocycles. The van der Waals surface area contributed by atoms with Crippen molar-refractivity contribution < 1.29 is 24.0 Å². The lowest BCUT2D eigenvalue weighted by atomic mass is 9.70. The third-order valence-electron chi connectivity index (χ3n) is 13.3. The van der Waals surface area contributed by atoms with Gasteiger partial charge in [-0.25, -0.2) is 9.36 Å². The van der Waals surface area contributed by atoms with E-state index in [1.807, 2.05) is 12.1 Å². The Morgan fingerprint density at radius 3 is 2.44 bits per heavy atom. The molecule has 2 aromatic heterocycles. The number of fused-ring (bicyclic) bond motifs is 4. The first-order valence-electron chi connectivity index (χ1n) is 22.7. The molecule has 2 aliphatic heterocycles. The van der Waals surface area contributed by atoms with Gasteiger partial charge in [0, 0.05) is 52.9 Å². The third kappa shape index (κ3) is 10.2. The number of ketones is 1. The van der Waals surface area contributed by atoms with E-state index in [9.17, 15) is 29.8 Å². The number of imidazole rings is 1. The molecule has 15 heteroatoms. The Labute approximate surface area is 370 Å². The number of aromatic nitrogens is 3. The van der Waals surface area contributed by atoms with Crippen LogP contribution in [0.2, 0.25) is 0 Å². The normalized spacial score (nSPS) is 17.5. The number of alkyl carbamates (subject to hydrolysis) is 1. The van der Waals surface area contributed by atoms with Crippen LogP contribution in [0.15, 0.2) is 42.7 Å². The number of nitrogens with zero attached hydrogens (tertiary/aromatic N) is 6. The highest BCUT2D eigenvalue weighted by molar-refractivity contribution is 6.20. The van der Waals surface area contributed by atoms with Crippen molar-refractivity contribution in [3.8, 4) is 6.07 Å². The van der Waals surface area contributed by atoms with Crippen LogP contribution in [-0.4, -0.2) is 93.1 Å². The molecule has 3 N–H and O–H groups in total. The first-order chi connectivity index (χ1) is 30.1. The van der Waals surface area contributed by atoms with Crippen molar-refractivity contribution in [2.45, 2.75) is 123 Å². The highest BCUT2D eigenvalue weighted by Crippen LogP contribution is 2.46. The molecule has 4 heterocycles. The number of carbonyl (C=O) groups excluding carboxylic acids is 3. The molecule has 1 atom stereocenters. The molecule has 7 rings (SSSR count). The Hall–Kier alpha value is -5.75. The van der Waals surface area contributed by atoms with Crippen molar-refractivity contribution in [1.29, 1.82) is 5.26 Å². The summed E-state index contributed by atoms with van der Waals surface area (Å²) in [6.07, 6.45) is 10.4. The van der Waals surface area contributed by atoms with E-state index in [0.29, 0.717) is 30.4 Å². The number of aromatic amines is 1. The van der Waals surface area contributed by atoms with Crippen LogP contribution >= 0.6 is 0 Å². The van der Waals surface area contributed by atoms with E-state index in [0.717, 1.165) is 91.7 Å². The number of amides is 2. The first-order valence-corrected chi connectivity index (χ1v) is 22.7. The van der Waals surface area contributed by atoms with Gasteiger partial charge in [0.1, 0.15) is 24.0 Å². The van der Waals surface area contributed by atoms with E-state index < -0.39 is 28.1 Å². The number of hydrogen-bond acceptors (Lipinski definition) is 10. The lowest BCUT2D eigenvalue weighted by molar-refractivity contribution is -0.396. The molecule has 63 heavy (non-hydrogen) atoms. The van der Waals surface area contributed by atoms with Gasteiger partial charge in [0.2, 0.25) is 5.91 Å². The van der Waals surface area contributed by atoms with Crippen molar-refractivity contribution in [3.05, 3.63) is 86.4 Å². The molecule has 336 valence electrons. The number of hydrogen-bond donors (Lipinski definition) is 3. The largest absolute Gasteiger partial charge is 0.444 e. The number of benzene rings is 2. The predicted molar refractivity (Wildman–Crippen MR) is 242 cm³/mol. The number of rotatable bonds is 15. The second kappa shape index (κ2) is 18.9. The predicted octanol–water partition coefficient (Wildman–Crippen LogP) is 7.78. The molecular formula is C48H63N9O6. The molecule has 2 fully saturated rings. The Kier molecular flexibility index (Phi) is 13.6. The van der Waals surface area contributed by atoms with Crippen LogP contribution in [0, 0.1) is 33.3 Å². The zero-order valence-electron chi connectivity index (χ0n) is 37.7. The number of nitrogens with one attached hydrogen (secondary N) is 3. The number of carbonyl (C=O) groups is 3. The lowest BCUT2D eigenvalue weighted by Crippen LogP contribution is -2.48. The standard InChI is InChI=1S/C48H63N9O6/c1-7-34-28-36-37(48(5,6)43-41(42(36)58)35-12-11-33(30-49)27-39(35)52-43)29-40(34)55-23-15-32(16-24-55)26-31-13-21-54(22-14-31)19-9-17-50-44(59)38(53-46(60)63-47(2,3)4)10-8-20-56-25-18-51-45(56)57(61)62/h11-12,18,25,27-29,31-32,38,52H,7-10,13-17,19-24,26H2,1-6H3,(H,50,59)(H,53,60)/t38-/m0/s1. The smallest absolute Gasteiger partial charge is 0.434 e. The molecule has 2 amide bonds. The van der Waals surface area contributed by atoms with Gasteiger partial charge in [-0.2, -0.15) is 5.26 Å². The number of anilines is 1. The summed E-state index contributed by atoms with van der Waals surface area (Å²) in [7, 11) is 0. The van der Waals surface area contributed by atoms with Crippen LogP contribution in [0.3, 0.4) is 0 Å². The first kappa shape index (κ1) is 45.3. The lowest BCUT2D eigenvalue weighted by Gasteiger charge is -2.39. The summed E-state index contributed by atoms with van der Waals surface area (Å²) in [5, 5.41) is 27.3. The molecule has 0 radical (unpaired) electrons. The van der Waals surface area contributed by atoms with Crippen LogP contribution < -0.4 is 15.5 Å². The minimum absolute atomic E-state index is 0.0547. The Morgan fingerprint density at radius 1 is 1.06 bits per heavy atom. The molecule has 0 unspecified atom stereocenters. The Morgan fingerprint density at radius 2 is 1.78 bits per heavy atom. The van der Waals surface area contributed by atoms with Crippen molar-refractivity contribution in [1.82, 2.24) is 30.1 Å². The highest BCUT2D eigenvalue weighted by Gasteiger charge is 2.41. The van der Waals surface area contributed by atoms with Gasteiger partial charge >= 0.3 is 12.0 Å². The molecule has 4 aromatic rings. The summed E-state index contributed by atoms with van der Waals surface area (Å²) in [6, 6.07) is 11.4. The Bertz CT molecular complexity index is 2370. The number of aryl methyl sites for hydroxylation is 2. The van der Waals surface area contributed by atoms with Crippen molar-refractivity contribution >= 4 is 40.3 Å². The van der Waals surface area contributed by atoms with Crippen LogP contribution in [0.1, 0.15) is 131 Å². The number of nitriles is 1. The number of likely N-dealkylation sites (tertiary alicyclic amines) is 1. The van der Waals surface area contributed by atoms with Crippen LogP contribution in [-0.2, 0) is 27.9 Å². The molecule has 1 aliphatic carbocycles. The van der Waals surface area contributed by atoms with Crippen molar-refractivity contribution in [3.63, 3.8) is 0 Å². The van der Waals surface area contributed by atoms with Crippen molar-refractivity contribution in [2.75, 3.05) is 44.2 Å². The number of H-pyrrole nitrogens is 1. The van der Waals surface area contributed by atoms with E-state index in [-0.39, 0.29) is 30.6 Å². The summed E-state index contributed by atoms with van der Waals surface area (Å²) >= 11 is 0. The second-order valence-corrected chi connectivity index (χ2v) is 19.2. The molecule has 0 bridgehead atoms. The number of ether oxygens (including phenoxy) is 1. The summed E-state index contributed by atoms with van der Waals surface area (Å²) in [5.74, 6) is 0.890. The van der Waals surface area contributed by atoms with Crippen LogP contribution in [0.5, 0.6) is 0 Å². The fourth-order valence-electron chi connectivity index (χ4n) is 9.95. The van der Waals surface area contributed by atoms with E-state index in [1.165, 1.54) is 47.5 Å². The molecule has 2 saturated heterocycles. The average Bonchev–Trinajstić information content (AvgIpc) is 3.89. The van der Waals surface area contributed by atoms with E-state index >= 15 is 0 Å². The van der Waals surface area contributed by atoms with E-state index in [2.05, 4.69) is 69.4 Å². The molecule has 3 aliphatic rings. The quantitative estimate of drug-likeness (QED) is 0.0604. The maximum atomic E-state index is 14.1. The minimum Gasteiger partial charge on any atom is -0.444 e. The number of piperidine rings is 2. The molecule has 0 spiro atoms. The van der Waals surface area contributed by atoms with Crippen LogP contribution in [0.25, 0.3) is 10.9 Å².